The third-order valence-electron chi connectivity index (χ3n) is 3.89. The number of hydrogen-bond acceptors (Lipinski definition) is 3. The topological polar surface area (TPSA) is 16.1 Å². The van der Waals surface area contributed by atoms with E-state index in [9.17, 15) is 0 Å². The van der Waals surface area contributed by atoms with Crippen molar-refractivity contribution in [1.29, 1.82) is 0 Å². The second-order valence-corrected chi connectivity index (χ2v) is 6.62. The predicted octanol–water partition coefficient (Wildman–Crippen LogP) is 4.35. The van der Waals surface area contributed by atoms with Crippen LogP contribution in [0.15, 0.2) is 30.3 Å². The Hall–Kier alpha value is -1.35. The van der Waals surface area contributed by atoms with Crippen LogP contribution in [0.4, 0.5) is 5.13 Å². The molecule has 0 atom stereocenters. The minimum Gasteiger partial charge on any atom is -0.348 e. The van der Waals surface area contributed by atoms with Crippen molar-refractivity contribution in [3.63, 3.8) is 0 Å². The summed E-state index contributed by atoms with van der Waals surface area (Å²) in [6, 6.07) is 10.5. The molecule has 1 saturated heterocycles. The van der Waals surface area contributed by atoms with Crippen molar-refractivity contribution in [3.8, 4) is 11.3 Å². The van der Waals surface area contributed by atoms with E-state index in [1.807, 2.05) is 11.3 Å². The van der Waals surface area contributed by atoms with Gasteiger partial charge in [-0.2, -0.15) is 0 Å². The number of piperidine rings is 1. The van der Waals surface area contributed by atoms with Gasteiger partial charge in [-0.05, 0) is 25.7 Å². The number of nitrogens with zero attached hydrogens (tertiary/aromatic N) is 2. The molecule has 0 radical (unpaired) electrons. The van der Waals surface area contributed by atoms with Crippen molar-refractivity contribution in [2.24, 2.45) is 5.92 Å². The number of anilines is 1. The van der Waals surface area contributed by atoms with Gasteiger partial charge in [-0.15, -0.1) is 11.3 Å². The fraction of sp³-hybridized carbons (Fsp3) is 0.438. The minimum absolute atomic E-state index is 0.867. The summed E-state index contributed by atoms with van der Waals surface area (Å²) >= 11 is 1.83. The molecule has 1 aromatic heterocycles. The van der Waals surface area contributed by atoms with Gasteiger partial charge in [0, 0.05) is 23.5 Å². The van der Waals surface area contributed by atoms with Gasteiger partial charge in [-0.1, -0.05) is 37.3 Å². The number of hydrogen-bond donors (Lipinski definition) is 0. The molecular weight excluding hydrogens is 252 g/mol. The van der Waals surface area contributed by atoms with Crippen LogP contribution in [0.5, 0.6) is 0 Å². The number of thiazole rings is 1. The normalized spacial score (nSPS) is 16.8. The highest BCUT2D eigenvalue weighted by atomic mass is 32.1. The van der Waals surface area contributed by atoms with Crippen molar-refractivity contribution in [1.82, 2.24) is 4.98 Å². The van der Waals surface area contributed by atoms with Crippen molar-refractivity contribution >= 4 is 16.5 Å². The van der Waals surface area contributed by atoms with E-state index in [0.717, 1.165) is 24.7 Å². The Morgan fingerprint density at radius 2 is 1.84 bits per heavy atom. The highest BCUT2D eigenvalue weighted by Crippen LogP contribution is 2.33. The maximum atomic E-state index is 4.87. The van der Waals surface area contributed by atoms with Gasteiger partial charge in [-0.25, -0.2) is 4.98 Å². The minimum atomic E-state index is 0.867. The van der Waals surface area contributed by atoms with Gasteiger partial charge in [0.15, 0.2) is 5.13 Å². The summed E-state index contributed by atoms with van der Waals surface area (Å²) in [6.45, 7) is 6.83. The molecule has 3 heteroatoms. The van der Waals surface area contributed by atoms with Crippen LogP contribution in [0.2, 0.25) is 0 Å². The third-order valence-corrected chi connectivity index (χ3v) is 4.92. The number of benzene rings is 1. The van der Waals surface area contributed by atoms with Crippen LogP contribution in [0, 0.1) is 12.8 Å². The molecule has 19 heavy (non-hydrogen) atoms. The Bertz CT molecular complexity index is 539. The van der Waals surface area contributed by atoms with Crippen LogP contribution in [0.3, 0.4) is 0 Å². The SMILES string of the molecule is Cc1sc(N2CCC(C)CC2)nc1-c1ccccc1. The van der Waals surface area contributed by atoms with Crippen LogP contribution in [0.25, 0.3) is 11.3 Å². The second kappa shape index (κ2) is 5.33. The largest absolute Gasteiger partial charge is 0.348 e. The van der Waals surface area contributed by atoms with Gasteiger partial charge in [0.05, 0.1) is 5.69 Å². The molecule has 0 aliphatic carbocycles. The average molecular weight is 272 g/mol. The summed E-state index contributed by atoms with van der Waals surface area (Å²) in [5.41, 5.74) is 2.38. The van der Waals surface area contributed by atoms with E-state index in [4.69, 9.17) is 4.98 Å². The Morgan fingerprint density at radius 1 is 1.16 bits per heavy atom. The van der Waals surface area contributed by atoms with Crippen LogP contribution >= 0.6 is 11.3 Å². The van der Waals surface area contributed by atoms with Crippen LogP contribution in [-0.2, 0) is 0 Å². The summed E-state index contributed by atoms with van der Waals surface area (Å²) in [5, 5.41) is 1.20. The fourth-order valence-corrected chi connectivity index (χ4v) is 3.56. The molecule has 1 aliphatic heterocycles. The maximum absolute atomic E-state index is 4.87. The van der Waals surface area contributed by atoms with Gasteiger partial charge in [0.25, 0.3) is 0 Å². The lowest BCUT2D eigenvalue weighted by atomic mass is 10.00. The van der Waals surface area contributed by atoms with Crippen LogP contribution < -0.4 is 4.90 Å². The summed E-state index contributed by atoms with van der Waals surface area (Å²) < 4.78 is 0. The zero-order valence-corrected chi connectivity index (χ0v) is 12.4. The first-order valence-corrected chi connectivity index (χ1v) is 7.83. The van der Waals surface area contributed by atoms with E-state index in [0.29, 0.717) is 0 Å². The smallest absolute Gasteiger partial charge is 0.186 e. The van der Waals surface area contributed by atoms with E-state index in [1.54, 1.807) is 0 Å². The highest BCUT2D eigenvalue weighted by molar-refractivity contribution is 7.16. The summed E-state index contributed by atoms with van der Waals surface area (Å²) in [6.07, 6.45) is 2.58. The van der Waals surface area contributed by atoms with Crippen LogP contribution in [0.1, 0.15) is 24.6 Å². The molecular formula is C16H20N2S. The number of rotatable bonds is 2. The average Bonchev–Trinajstić information content (AvgIpc) is 2.83. The van der Waals surface area contributed by atoms with E-state index >= 15 is 0 Å². The Kier molecular flexibility index (Phi) is 3.56. The molecule has 2 aromatic rings. The van der Waals surface area contributed by atoms with Gasteiger partial charge < -0.3 is 4.90 Å². The van der Waals surface area contributed by atoms with E-state index in [2.05, 4.69) is 49.1 Å². The molecule has 100 valence electrons. The first-order chi connectivity index (χ1) is 9.24. The van der Waals surface area contributed by atoms with Gasteiger partial charge >= 0.3 is 0 Å². The molecule has 0 unspecified atom stereocenters. The lowest BCUT2D eigenvalue weighted by molar-refractivity contribution is 0.438. The Labute approximate surface area is 119 Å². The molecule has 2 nitrogen and oxygen atoms in total. The Balaban J connectivity index is 1.85. The van der Waals surface area contributed by atoms with E-state index in [-0.39, 0.29) is 0 Å². The predicted molar refractivity (Wildman–Crippen MR) is 82.9 cm³/mol. The van der Waals surface area contributed by atoms with Gasteiger partial charge in [-0.3, -0.25) is 0 Å². The molecule has 1 aromatic carbocycles. The summed E-state index contributed by atoms with van der Waals surface area (Å²) in [4.78, 5) is 8.64. The lowest BCUT2D eigenvalue weighted by Gasteiger charge is -2.29. The van der Waals surface area contributed by atoms with Crippen molar-refractivity contribution < 1.29 is 0 Å². The second-order valence-electron chi connectivity index (χ2n) is 5.44. The zero-order chi connectivity index (χ0) is 13.2. The van der Waals surface area contributed by atoms with Crippen LogP contribution in [-0.4, -0.2) is 18.1 Å². The zero-order valence-electron chi connectivity index (χ0n) is 11.6. The maximum Gasteiger partial charge on any atom is 0.186 e. The number of aromatic nitrogens is 1. The van der Waals surface area contributed by atoms with Crippen molar-refractivity contribution in [2.45, 2.75) is 26.7 Å². The lowest BCUT2D eigenvalue weighted by Crippen LogP contribution is -2.32. The molecule has 0 saturated carbocycles. The molecule has 1 fully saturated rings. The first-order valence-electron chi connectivity index (χ1n) is 7.02. The fourth-order valence-electron chi connectivity index (χ4n) is 2.58. The summed E-state index contributed by atoms with van der Waals surface area (Å²) in [7, 11) is 0. The van der Waals surface area contributed by atoms with Gasteiger partial charge in [0.2, 0.25) is 0 Å². The quantitative estimate of drug-likeness (QED) is 0.807. The molecule has 0 spiro atoms. The van der Waals surface area contributed by atoms with Gasteiger partial charge in [0.1, 0.15) is 0 Å². The first kappa shape index (κ1) is 12.7. The van der Waals surface area contributed by atoms with Crippen molar-refractivity contribution in [3.05, 3.63) is 35.2 Å². The molecule has 0 amide bonds. The molecule has 0 bridgehead atoms. The highest BCUT2D eigenvalue weighted by Gasteiger charge is 2.20. The summed E-state index contributed by atoms with van der Waals surface area (Å²) in [5.74, 6) is 0.867. The monoisotopic (exact) mass is 272 g/mol. The standard InChI is InChI=1S/C16H20N2S/c1-12-8-10-18(11-9-12)16-17-15(13(2)19-16)14-6-4-3-5-7-14/h3-7,12H,8-11H2,1-2H3. The number of aryl methyl sites for hydroxylation is 1. The van der Waals surface area contributed by atoms with Crippen molar-refractivity contribution in [2.75, 3.05) is 18.0 Å². The molecule has 3 rings (SSSR count). The molecule has 1 aliphatic rings. The van der Waals surface area contributed by atoms with E-state index in [1.165, 1.54) is 28.4 Å². The molecule has 0 N–H and O–H groups in total. The Morgan fingerprint density at radius 3 is 2.53 bits per heavy atom. The van der Waals surface area contributed by atoms with E-state index < -0.39 is 0 Å². The third kappa shape index (κ3) is 2.66. The molecule has 2 heterocycles.